The third-order valence-corrected chi connectivity index (χ3v) is 11.6. The molecular formula is C21H39N2O9PSi. The average Bonchev–Trinajstić information content (AvgIpc) is 2.76. The number of nitrogens with one attached hydrogen (secondary N) is 1. The molecule has 1 aromatic rings. The Labute approximate surface area is 202 Å². The first-order valence-corrected chi connectivity index (χ1v) is 15.4. The van der Waals surface area contributed by atoms with Gasteiger partial charge in [0.25, 0.3) is 5.56 Å². The van der Waals surface area contributed by atoms with E-state index in [-0.39, 0.29) is 18.3 Å². The molecule has 1 N–H and O–H groups in total. The number of H-pyrrole nitrogens is 1. The van der Waals surface area contributed by atoms with E-state index >= 15 is 0 Å². The fraction of sp³-hybridized carbons (Fsp3) is 0.714. The lowest BCUT2D eigenvalue weighted by Crippen LogP contribution is -2.44. The standard InChI is InChI=1S/C21H39N2O9PSi/c1-21(2,3)34(7,8)31-16-19(23-11-9-18(24)22-20(23)25)32-17(15-30-13-12-27-4)10-14-33(26,28-5)29-6/h9-11,14,17,19H,12-13,15-16H2,1-8H3,(H,22,24,25)/b14-10+/t17-,19-/m1/s1. The first-order chi connectivity index (χ1) is 15.8. The molecular weight excluding hydrogens is 483 g/mol. The number of methoxy groups -OCH3 is 1. The largest absolute Gasteiger partial charge is 0.412 e. The molecule has 34 heavy (non-hydrogen) atoms. The Morgan fingerprint density at radius 1 is 1.12 bits per heavy atom. The molecule has 2 atom stereocenters. The third kappa shape index (κ3) is 9.71. The van der Waals surface area contributed by atoms with Gasteiger partial charge in [-0.05, 0) is 24.2 Å². The van der Waals surface area contributed by atoms with Crippen LogP contribution < -0.4 is 11.2 Å². The van der Waals surface area contributed by atoms with Gasteiger partial charge in [0.15, 0.2) is 14.5 Å². The summed E-state index contributed by atoms with van der Waals surface area (Å²) in [5.41, 5.74) is -1.16. The summed E-state index contributed by atoms with van der Waals surface area (Å²) in [6.07, 6.45) is 1.20. The van der Waals surface area contributed by atoms with E-state index in [0.29, 0.717) is 13.2 Å². The predicted octanol–water partition coefficient (Wildman–Crippen LogP) is 3.10. The molecule has 0 aliphatic heterocycles. The molecule has 1 rings (SSSR count). The zero-order chi connectivity index (χ0) is 26.0. The van der Waals surface area contributed by atoms with Crippen LogP contribution in [0.2, 0.25) is 18.1 Å². The molecule has 0 aliphatic carbocycles. The quantitative estimate of drug-likeness (QED) is 0.210. The van der Waals surface area contributed by atoms with Crippen LogP contribution in [0.15, 0.2) is 33.7 Å². The smallest absolute Gasteiger partial charge is 0.353 e. The molecule has 0 aliphatic rings. The molecule has 0 amide bonds. The van der Waals surface area contributed by atoms with Crippen molar-refractivity contribution in [2.75, 3.05) is 47.8 Å². The summed E-state index contributed by atoms with van der Waals surface area (Å²) in [6, 6.07) is 1.23. The minimum absolute atomic E-state index is 0.0526. The van der Waals surface area contributed by atoms with Gasteiger partial charge in [-0.15, -0.1) is 0 Å². The molecule has 0 spiro atoms. The lowest BCUT2D eigenvalue weighted by atomic mass is 10.2. The highest BCUT2D eigenvalue weighted by atomic mass is 31.2. The minimum atomic E-state index is -3.46. The summed E-state index contributed by atoms with van der Waals surface area (Å²) < 4.78 is 46.7. The monoisotopic (exact) mass is 522 g/mol. The van der Waals surface area contributed by atoms with E-state index in [1.54, 1.807) is 7.11 Å². The Balaban J connectivity index is 3.27. The van der Waals surface area contributed by atoms with Crippen LogP contribution in [0, 0.1) is 0 Å². The van der Waals surface area contributed by atoms with Crippen LogP contribution in [-0.4, -0.2) is 71.7 Å². The average molecular weight is 523 g/mol. The molecule has 196 valence electrons. The number of aromatic amines is 1. The Bertz CT molecular complexity index is 931. The van der Waals surface area contributed by atoms with Gasteiger partial charge in [-0.25, -0.2) is 4.79 Å². The number of ether oxygens (including phenoxy) is 3. The van der Waals surface area contributed by atoms with E-state index in [9.17, 15) is 14.2 Å². The van der Waals surface area contributed by atoms with Crippen LogP contribution in [-0.2, 0) is 32.2 Å². The maximum atomic E-state index is 12.5. The van der Waals surface area contributed by atoms with E-state index in [1.165, 1.54) is 42.9 Å². The van der Waals surface area contributed by atoms with Gasteiger partial charge in [-0.3, -0.25) is 18.9 Å². The van der Waals surface area contributed by atoms with Gasteiger partial charge in [-0.1, -0.05) is 20.8 Å². The summed E-state index contributed by atoms with van der Waals surface area (Å²) in [5, 5.41) is -0.0698. The molecule has 0 fully saturated rings. The normalized spacial score (nSPS) is 15.1. The molecule has 0 saturated carbocycles. The fourth-order valence-corrected chi connectivity index (χ4v) is 4.20. The SMILES string of the molecule is COCCOC[C@@H](/C=C/P(=O)(OC)OC)O[C@H](CO[Si](C)(C)C(C)(C)C)n1ccc(=O)[nH]c1=O. The maximum Gasteiger partial charge on any atom is 0.353 e. The molecule has 1 heterocycles. The van der Waals surface area contributed by atoms with Crippen molar-refractivity contribution in [3.8, 4) is 0 Å². The van der Waals surface area contributed by atoms with Crippen molar-refractivity contribution in [1.82, 2.24) is 9.55 Å². The number of nitrogens with zero attached hydrogens (tertiary/aromatic N) is 1. The highest BCUT2D eigenvalue weighted by molar-refractivity contribution is 7.57. The number of aromatic nitrogens is 2. The van der Waals surface area contributed by atoms with E-state index in [0.717, 1.165) is 0 Å². The van der Waals surface area contributed by atoms with Crippen LogP contribution in [0.1, 0.15) is 27.0 Å². The second kappa shape index (κ2) is 13.6. The van der Waals surface area contributed by atoms with E-state index < -0.39 is 39.5 Å². The van der Waals surface area contributed by atoms with Crippen LogP contribution in [0.4, 0.5) is 0 Å². The second-order valence-electron chi connectivity index (χ2n) is 9.03. The molecule has 0 aromatic carbocycles. The third-order valence-electron chi connectivity index (χ3n) is 5.59. The zero-order valence-electron chi connectivity index (χ0n) is 21.4. The van der Waals surface area contributed by atoms with Crippen LogP contribution in [0.5, 0.6) is 0 Å². The maximum absolute atomic E-state index is 12.5. The highest BCUT2D eigenvalue weighted by Crippen LogP contribution is 2.48. The van der Waals surface area contributed by atoms with E-state index in [4.69, 9.17) is 27.7 Å². The van der Waals surface area contributed by atoms with Crippen molar-refractivity contribution in [2.45, 2.75) is 51.2 Å². The minimum Gasteiger partial charge on any atom is -0.412 e. The fourth-order valence-electron chi connectivity index (χ4n) is 2.42. The molecule has 0 unspecified atom stereocenters. The van der Waals surface area contributed by atoms with Crippen LogP contribution in [0.25, 0.3) is 0 Å². The summed E-state index contributed by atoms with van der Waals surface area (Å²) in [7, 11) is -1.55. The van der Waals surface area contributed by atoms with Crippen molar-refractivity contribution in [3.05, 3.63) is 45.0 Å². The number of hydrogen-bond donors (Lipinski definition) is 1. The van der Waals surface area contributed by atoms with E-state index in [2.05, 4.69) is 38.8 Å². The highest BCUT2D eigenvalue weighted by Gasteiger charge is 2.38. The zero-order valence-corrected chi connectivity index (χ0v) is 23.3. The summed E-state index contributed by atoms with van der Waals surface area (Å²) in [4.78, 5) is 26.3. The predicted molar refractivity (Wildman–Crippen MR) is 132 cm³/mol. The molecule has 0 saturated heterocycles. The molecule has 0 radical (unpaired) electrons. The summed E-state index contributed by atoms with van der Waals surface area (Å²) >= 11 is 0. The van der Waals surface area contributed by atoms with Gasteiger partial charge in [-0.2, -0.15) is 0 Å². The second-order valence-corrected chi connectivity index (χ2v) is 15.9. The summed E-state index contributed by atoms with van der Waals surface area (Å²) in [6.45, 7) is 11.3. The lowest BCUT2D eigenvalue weighted by molar-refractivity contribution is -0.0899. The lowest BCUT2D eigenvalue weighted by Gasteiger charge is -2.37. The van der Waals surface area contributed by atoms with Gasteiger partial charge in [0, 0.05) is 39.4 Å². The topological polar surface area (TPSA) is 127 Å². The van der Waals surface area contributed by atoms with Gasteiger partial charge in [0.05, 0.1) is 26.4 Å². The molecule has 1 aromatic heterocycles. The molecule has 13 heteroatoms. The van der Waals surface area contributed by atoms with Gasteiger partial charge >= 0.3 is 13.3 Å². The Hall–Kier alpha value is -1.37. The first kappa shape index (κ1) is 30.7. The summed E-state index contributed by atoms with van der Waals surface area (Å²) in [5.74, 6) is 1.28. The van der Waals surface area contributed by atoms with Gasteiger partial charge in [0.2, 0.25) is 0 Å². The first-order valence-electron chi connectivity index (χ1n) is 10.9. The van der Waals surface area contributed by atoms with Gasteiger partial charge < -0.3 is 27.7 Å². The number of hydrogen-bond acceptors (Lipinski definition) is 9. The number of rotatable bonds is 15. The Morgan fingerprint density at radius 2 is 1.76 bits per heavy atom. The van der Waals surface area contributed by atoms with Crippen LogP contribution >= 0.6 is 7.60 Å². The Morgan fingerprint density at radius 3 is 2.29 bits per heavy atom. The van der Waals surface area contributed by atoms with E-state index in [1.807, 2.05) is 0 Å². The molecule has 11 nitrogen and oxygen atoms in total. The Kier molecular flexibility index (Phi) is 12.3. The van der Waals surface area contributed by atoms with Gasteiger partial charge in [0.1, 0.15) is 6.10 Å². The van der Waals surface area contributed by atoms with Crippen molar-refractivity contribution in [1.29, 1.82) is 0 Å². The van der Waals surface area contributed by atoms with Crippen molar-refractivity contribution in [3.63, 3.8) is 0 Å². The van der Waals surface area contributed by atoms with Crippen molar-refractivity contribution >= 4 is 15.9 Å². The van der Waals surface area contributed by atoms with Crippen LogP contribution in [0.3, 0.4) is 0 Å². The van der Waals surface area contributed by atoms with Crippen molar-refractivity contribution in [2.24, 2.45) is 0 Å². The van der Waals surface area contributed by atoms with Crippen molar-refractivity contribution < 1.29 is 32.2 Å². The molecule has 0 bridgehead atoms.